The molecule has 0 aromatic heterocycles. The third-order valence-corrected chi connectivity index (χ3v) is 4.37. The number of amides is 1. The van der Waals surface area contributed by atoms with Gasteiger partial charge in [-0.2, -0.15) is 0 Å². The van der Waals surface area contributed by atoms with E-state index < -0.39 is 0 Å². The Hall–Kier alpha value is -1.75. The lowest BCUT2D eigenvalue weighted by Gasteiger charge is -2.31. The van der Waals surface area contributed by atoms with Gasteiger partial charge >= 0.3 is 0 Å². The summed E-state index contributed by atoms with van der Waals surface area (Å²) in [7, 11) is 1.84. The largest absolute Gasteiger partial charge is 0.454 e. The van der Waals surface area contributed by atoms with Crippen LogP contribution in [0.15, 0.2) is 18.2 Å². The zero-order chi connectivity index (χ0) is 14.8. The molecule has 1 amide bonds. The van der Waals surface area contributed by atoms with Crippen LogP contribution in [0.3, 0.4) is 0 Å². The van der Waals surface area contributed by atoms with Gasteiger partial charge in [0.15, 0.2) is 11.5 Å². The number of hydrogen-bond acceptors (Lipinski definition) is 4. The topological polar surface area (TPSA) is 64.8 Å². The molecule has 1 aliphatic carbocycles. The minimum absolute atomic E-state index is 0.00505. The van der Waals surface area contributed by atoms with E-state index >= 15 is 0 Å². The van der Waals surface area contributed by atoms with Gasteiger partial charge in [0.2, 0.25) is 12.7 Å². The molecule has 2 aliphatic rings. The molecule has 2 N–H and O–H groups in total. The molecule has 1 fully saturated rings. The SMILES string of the molecule is CN(Cc1ccc2c(c1)OCO2)C(=O)C1CCCCC1N. The Labute approximate surface area is 125 Å². The molecule has 1 heterocycles. The first-order valence-corrected chi connectivity index (χ1v) is 7.54. The van der Waals surface area contributed by atoms with Gasteiger partial charge in [-0.1, -0.05) is 18.9 Å². The number of nitrogens with two attached hydrogens (primary N) is 1. The second kappa shape index (κ2) is 5.93. The summed E-state index contributed by atoms with van der Waals surface area (Å²) in [4.78, 5) is 14.3. The summed E-state index contributed by atoms with van der Waals surface area (Å²) in [6.45, 7) is 0.836. The zero-order valence-electron chi connectivity index (χ0n) is 12.4. The fourth-order valence-corrected chi connectivity index (χ4v) is 3.14. The number of benzene rings is 1. The molecule has 5 nitrogen and oxygen atoms in total. The number of carbonyl (C=O) groups excluding carboxylic acids is 1. The van der Waals surface area contributed by atoms with E-state index in [9.17, 15) is 4.79 Å². The highest BCUT2D eigenvalue weighted by Gasteiger charge is 2.30. The fraction of sp³-hybridized carbons (Fsp3) is 0.562. The van der Waals surface area contributed by atoms with Crippen LogP contribution in [0.5, 0.6) is 11.5 Å². The van der Waals surface area contributed by atoms with Crippen LogP contribution in [0.25, 0.3) is 0 Å². The van der Waals surface area contributed by atoms with Gasteiger partial charge in [-0.3, -0.25) is 4.79 Å². The molecule has 114 valence electrons. The molecule has 1 aromatic rings. The molecule has 2 unspecified atom stereocenters. The number of rotatable bonds is 3. The Morgan fingerprint density at radius 2 is 2.05 bits per heavy atom. The highest BCUT2D eigenvalue weighted by atomic mass is 16.7. The summed E-state index contributed by atoms with van der Waals surface area (Å²) >= 11 is 0. The second-order valence-electron chi connectivity index (χ2n) is 5.94. The molecular weight excluding hydrogens is 268 g/mol. The minimum atomic E-state index is -0.0299. The maximum Gasteiger partial charge on any atom is 0.231 e. The molecule has 2 atom stereocenters. The molecule has 1 saturated carbocycles. The van der Waals surface area contributed by atoms with E-state index in [0.717, 1.165) is 42.7 Å². The van der Waals surface area contributed by atoms with Gasteiger partial charge < -0.3 is 20.1 Å². The summed E-state index contributed by atoms with van der Waals surface area (Å²) in [5, 5.41) is 0. The quantitative estimate of drug-likeness (QED) is 0.923. The van der Waals surface area contributed by atoms with E-state index in [1.54, 1.807) is 4.90 Å². The van der Waals surface area contributed by atoms with E-state index in [-0.39, 0.29) is 24.7 Å². The molecule has 0 saturated heterocycles. The molecule has 3 rings (SSSR count). The van der Waals surface area contributed by atoms with Gasteiger partial charge in [0.1, 0.15) is 0 Å². The molecule has 1 aliphatic heterocycles. The van der Waals surface area contributed by atoms with Crippen LogP contribution in [0.1, 0.15) is 31.2 Å². The minimum Gasteiger partial charge on any atom is -0.454 e. The average Bonchev–Trinajstić information content (AvgIpc) is 2.94. The maximum absolute atomic E-state index is 12.5. The Balaban J connectivity index is 1.65. The van der Waals surface area contributed by atoms with Crippen molar-refractivity contribution in [1.29, 1.82) is 0 Å². The van der Waals surface area contributed by atoms with Crippen molar-refractivity contribution >= 4 is 5.91 Å². The van der Waals surface area contributed by atoms with Gasteiger partial charge in [0, 0.05) is 19.6 Å². The summed E-state index contributed by atoms with van der Waals surface area (Å²) < 4.78 is 10.7. The summed E-state index contributed by atoms with van der Waals surface area (Å²) in [5.74, 6) is 1.64. The number of ether oxygens (including phenoxy) is 2. The van der Waals surface area contributed by atoms with Gasteiger partial charge in [-0.25, -0.2) is 0 Å². The molecular formula is C16H22N2O3. The number of fused-ring (bicyclic) bond motifs is 1. The lowest BCUT2D eigenvalue weighted by Crippen LogP contribution is -2.44. The highest BCUT2D eigenvalue weighted by molar-refractivity contribution is 5.79. The first-order chi connectivity index (χ1) is 10.1. The average molecular weight is 290 g/mol. The van der Waals surface area contributed by atoms with E-state index in [2.05, 4.69) is 0 Å². The van der Waals surface area contributed by atoms with Crippen LogP contribution >= 0.6 is 0 Å². The van der Waals surface area contributed by atoms with Gasteiger partial charge in [-0.15, -0.1) is 0 Å². The Kier molecular flexibility index (Phi) is 4.01. The molecule has 21 heavy (non-hydrogen) atoms. The summed E-state index contributed by atoms with van der Waals surface area (Å²) in [6.07, 6.45) is 4.10. The standard InChI is InChI=1S/C16H22N2O3/c1-18(16(19)12-4-2-3-5-13(12)17)9-11-6-7-14-15(8-11)21-10-20-14/h6-8,12-13H,2-5,9-10,17H2,1H3. The van der Waals surface area contributed by atoms with E-state index in [4.69, 9.17) is 15.2 Å². The predicted octanol–water partition coefficient (Wildman–Crippen LogP) is 1.89. The van der Waals surface area contributed by atoms with Crippen molar-refractivity contribution in [3.05, 3.63) is 23.8 Å². The van der Waals surface area contributed by atoms with E-state index in [1.807, 2.05) is 25.2 Å². The van der Waals surface area contributed by atoms with Crippen molar-refractivity contribution in [2.24, 2.45) is 11.7 Å². The zero-order valence-corrected chi connectivity index (χ0v) is 12.4. The van der Waals surface area contributed by atoms with Crippen LogP contribution in [-0.2, 0) is 11.3 Å². The van der Waals surface area contributed by atoms with Crippen molar-refractivity contribution in [2.45, 2.75) is 38.3 Å². The monoisotopic (exact) mass is 290 g/mol. The second-order valence-corrected chi connectivity index (χ2v) is 5.94. The Morgan fingerprint density at radius 1 is 1.29 bits per heavy atom. The maximum atomic E-state index is 12.5. The molecule has 1 aromatic carbocycles. The smallest absolute Gasteiger partial charge is 0.231 e. The third-order valence-electron chi connectivity index (χ3n) is 4.37. The molecule has 0 spiro atoms. The normalized spacial score (nSPS) is 23.9. The van der Waals surface area contributed by atoms with Crippen LogP contribution < -0.4 is 15.2 Å². The van der Waals surface area contributed by atoms with Gasteiger partial charge in [-0.05, 0) is 30.5 Å². The molecule has 0 radical (unpaired) electrons. The van der Waals surface area contributed by atoms with Crippen molar-refractivity contribution in [3.8, 4) is 11.5 Å². The number of nitrogens with zero attached hydrogens (tertiary/aromatic N) is 1. The Morgan fingerprint density at radius 3 is 2.86 bits per heavy atom. The fourth-order valence-electron chi connectivity index (χ4n) is 3.14. The van der Waals surface area contributed by atoms with Crippen LogP contribution in [0.4, 0.5) is 0 Å². The van der Waals surface area contributed by atoms with Crippen LogP contribution in [0.2, 0.25) is 0 Å². The number of hydrogen-bond donors (Lipinski definition) is 1. The lowest BCUT2D eigenvalue weighted by molar-refractivity contribution is -0.136. The summed E-state index contributed by atoms with van der Waals surface area (Å²) in [5.41, 5.74) is 7.14. The van der Waals surface area contributed by atoms with Crippen molar-refractivity contribution in [1.82, 2.24) is 4.90 Å². The Bertz CT molecular complexity index is 532. The lowest BCUT2D eigenvalue weighted by atomic mass is 9.84. The van der Waals surface area contributed by atoms with Crippen molar-refractivity contribution < 1.29 is 14.3 Å². The first kappa shape index (κ1) is 14.2. The predicted molar refractivity (Wildman–Crippen MR) is 79.0 cm³/mol. The van der Waals surface area contributed by atoms with Crippen molar-refractivity contribution in [3.63, 3.8) is 0 Å². The van der Waals surface area contributed by atoms with E-state index in [0.29, 0.717) is 6.54 Å². The van der Waals surface area contributed by atoms with Crippen LogP contribution in [-0.4, -0.2) is 30.7 Å². The van der Waals surface area contributed by atoms with E-state index in [1.165, 1.54) is 0 Å². The highest BCUT2D eigenvalue weighted by Crippen LogP contribution is 2.33. The molecule has 5 heteroatoms. The summed E-state index contributed by atoms with van der Waals surface area (Å²) in [6, 6.07) is 5.80. The number of carbonyl (C=O) groups is 1. The van der Waals surface area contributed by atoms with Crippen molar-refractivity contribution in [2.75, 3.05) is 13.8 Å². The van der Waals surface area contributed by atoms with Crippen LogP contribution in [0, 0.1) is 5.92 Å². The first-order valence-electron chi connectivity index (χ1n) is 7.54. The third kappa shape index (κ3) is 2.97. The van der Waals surface area contributed by atoms with Gasteiger partial charge in [0.25, 0.3) is 0 Å². The van der Waals surface area contributed by atoms with Gasteiger partial charge in [0.05, 0.1) is 5.92 Å². The molecule has 0 bridgehead atoms.